The van der Waals surface area contributed by atoms with Crippen LogP contribution in [0.3, 0.4) is 0 Å². The van der Waals surface area contributed by atoms with Crippen molar-refractivity contribution in [3.63, 3.8) is 0 Å². The molecule has 2 heterocycles. The number of carbonyl (C=O) groups is 2. The zero-order valence-corrected chi connectivity index (χ0v) is 26.9. The highest BCUT2D eigenvalue weighted by atomic mass is 31.2. The Balaban J connectivity index is 1.22. The number of aliphatic hydroxyl groups excluding tert-OH is 2. The van der Waals surface area contributed by atoms with Crippen molar-refractivity contribution in [2.75, 3.05) is 6.61 Å². The summed E-state index contributed by atoms with van der Waals surface area (Å²) in [5.74, 6) is -2.00. The third-order valence-electron chi connectivity index (χ3n) is 11.7. The summed E-state index contributed by atoms with van der Waals surface area (Å²) in [6.07, 6.45) is 3.40. The first-order valence-electron chi connectivity index (χ1n) is 15.8. The van der Waals surface area contributed by atoms with E-state index in [1.165, 1.54) is 12.2 Å². The molecule has 4 aliphatic carbocycles. The summed E-state index contributed by atoms with van der Waals surface area (Å²) < 4.78 is 52.7. The van der Waals surface area contributed by atoms with Crippen LogP contribution in [0.25, 0.3) is 0 Å². The van der Waals surface area contributed by atoms with Crippen LogP contribution in [0.4, 0.5) is 4.39 Å². The standard InChI is InChI=1S/C34H38FO11P/c1-31-10-9-23(37)13-22(31)7-8-24-25-14-29-34(28(39)18-44-47(40,41)42,32(25,2)15-27(38)33(24,31)35)46-30(45-29)26-12-21(17-43-26)11-19-3-5-20(16-36)6-4-19/h3-6,9-10,12-13,17,24-25,27,29-30,36,38H,7-8,11,14-16,18H2,1-2H3,(H2,40,41,42)/t24-,25-,27-,29+,30+,31-,32-,33-,34+/m0/s1. The molecule has 5 aliphatic rings. The minimum absolute atomic E-state index is 0.0628. The lowest BCUT2D eigenvalue weighted by molar-refractivity contribution is -0.232. The lowest BCUT2D eigenvalue weighted by Gasteiger charge is -2.62. The first-order chi connectivity index (χ1) is 22.1. The minimum Gasteiger partial charge on any atom is -0.464 e. The zero-order valence-electron chi connectivity index (χ0n) is 26.0. The SMILES string of the molecule is C[C@]12C=CC(=O)C=C1CC[C@H]1[C@@H]3C[C@H]4O[C@@H](c5cc(Cc6ccc(CO)cc6)co5)O[C@@]4(C(=O)COP(=O)(O)O)[C@@]3(C)C[C@H](O)[C@@]12F. The van der Waals surface area contributed by atoms with Gasteiger partial charge in [0.1, 0.15) is 6.61 Å². The quantitative estimate of drug-likeness (QED) is 0.297. The lowest BCUT2D eigenvalue weighted by atomic mass is 9.44. The molecule has 1 aromatic carbocycles. The van der Waals surface area contributed by atoms with Crippen molar-refractivity contribution in [2.24, 2.45) is 22.7 Å². The number of fused-ring (bicyclic) bond motifs is 7. The molecule has 9 atom stereocenters. The number of hydrogen-bond donors (Lipinski definition) is 4. The number of ketones is 2. The van der Waals surface area contributed by atoms with Gasteiger partial charge >= 0.3 is 7.82 Å². The van der Waals surface area contributed by atoms with Crippen molar-refractivity contribution in [1.82, 2.24) is 0 Å². The molecule has 13 heteroatoms. The largest absolute Gasteiger partial charge is 0.470 e. The highest BCUT2D eigenvalue weighted by Gasteiger charge is 2.79. The van der Waals surface area contributed by atoms with Gasteiger partial charge in [0.25, 0.3) is 0 Å². The van der Waals surface area contributed by atoms with E-state index in [9.17, 15) is 34.2 Å². The lowest BCUT2D eigenvalue weighted by Crippen LogP contribution is -2.69. The number of carbonyl (C=O) groups excluding carboxylic acids is 2. The summed E-state index contributed by atoms with van der Waals surface area (Å²) in [5.41, 5.74) is -3.30. The Hall–Kier alpha value is -2.80. The van der Waals surface area contributed by atoms with E-state index in [1.807, 2.05) is 24.3 Å². The van der Waals surface area contributed by atoms with Gasteiger partial charge in [-0.25, -0.2) is 8.96 Å². The van der Waals surface area contributed by atoms with E-state index in [0.29, 0.717) is 24.8 Å². The molecule has 7 rings (SSSR count). The second-order valence-electron chi connectivity index (χ2n) is 14.0. The number of phosphoric acid groups is 1. The van der Waals surface area contributed by atoms with Crippen molar-refractivity contribution >= 4 is 19.4 Å². The van der Waals surface area contributed by atoms with Crippen LogP contribution in [0.15, 0.2) is 64.8 Å². The predicted molar refractivity (Wildman–Crippen MR) is 162 cm³/mol. The highest BCUT2D eigenvalue weighted by Crippen LogP contribution is 2.72. The van der Waals surface area contributed by atoms with Gasteiger partial charge in [-0.05, 0) is 73.4 Å². The topological polar surface area (TPSA) is 173 Å². The van der Waals surface area contributed by atoms with Gasteiger partial charge in [-0.2, -0.15) is 0 Å². The number of Topliss-reactive ketones (excluding diaryl/α,β-unsaturated/α-hetero) is 1. The minimum atomic E-state index is -5.04. The monoisotopic (exact) mass is 672 g/mol. The Labute approximate surface area is 270 Å². The third kappa shape index (κ3) is 4.83. The average molecular weight is 673 g/mol. The van der Waals surface area contributed by atoms with Gasteiger partial charge in [0.2, 0.25) is 6.29 Å². The van der Waals surface area contributed by atoms with Gasteiger partial charge in [0, 0.05) is 23.2 Å². The molecule has 11 nitrogen and oxygen atoms in total. The van der Waals surface area contributed by atoms with Crippen molar-refractivity contribution < 1.29 is 57.0 Å². The van der Waals surface area contributed by atoms with Crippen LogP contribution in [0.5, 0.6) is 0 Å². The summed E-state index contributed by atoms with van der Waals surface area (Å²) in [6, 6.07) is 9.18. The Morgan fingerprint density at radius 1 is 1.13 bits per heavy atom. The molecule has 0 radical (unpaired) electrons. The van der Waals surface area contributed by atoms with E-state index in [4.69, 9.17) is 13.9 Å². The molecule has 0 amide bonds. The Bertz CT molecular complexity index is 1710. The Kier molecular flexibility index (Phi) is 7.74. The van der Waals surface area contributed by atoms with Crippen molar-refractivity contribution in [1.29, 1.82) is 0 Å². The summed E-state index contributed by atoms with van der Waals surface area (Å²) in [7, 11) is -5.04. The average Bonchev–Trinajstić information content (AvgIpc) is 3.70. The molecule has 1 aromatic heterocycles. The van der Waals surface area contributed by atoms with E-state index in [1.54, 1.807) is 32.3 Å². The number of phosphoric ester groups is 1. The Morgan fingerprint density at radius 2 is 1.85 bits per heavy atom. The second kappa shape index (κ2) is 11.1. The fraction of sp³-hybridized carbons (Fsp3) is 0.529. The molecule has 252 valence electrons. The molecule has 0 unspecified atom stereocenters. The number of benzene rings is 1. The maximum Gasteiger partial charge on any atom is 0.470 e. The molecule has 3 saturated carbocycles. The maximum atomic E-state index is 17.7. The van der Waals surface area contributed by atoms with Gasteiger partial charge in [-0.1, -0.05) is 42.8 Å². The number of halogens is 1. The summed E-state index contributed by atoms with van der Waals surface area (Å²) in [4.78, 5) is 45.2. The van der Waals surface area contributed by atoms with Crippen LogP contribution in [0.2, 0.25) is 0 Å². The Morgan fingerprint density at radius 3 is 2.55 bits per heavy atom. The zero-order chi connectivity index (χ0) is 33.6. The highest BCUT2D eigenvalue weighted by molar-refractivity contribution is 7.46. The van der Waals surface area contributed by atoms with Crippen molar-refractivity contribution in [3.05, 3.63) is 82.8 Å². The van der Waals surface area contributed by atoms with Crippen LogP contribution in [0.1, 0.15) is 68.3 Å². The van der Waals surface area contributed by atoms with Gasteiger partial charge in [0.15, 0.2) is 28.6 Å². The molecule has 4 fully saturated rings. The summed E-state index contributed by atoms with van der Waals surface area (Å²) in [6.45, 7) is 2.40. The van der Waals surface area contributed by atoms with E-state index in [2.05, 4.69) is 4.52 Å². The molecule has 0 spiro atoms. The number of allylic oxidation sites excluding steroid dienone is 4. The van der Waals surface area contributed by atoms with Crippen LogP contribution in [-0.2, 0) is 41.2 Å². The van der Waals surface area contributed by atoms with Crippen LogP contribution in [-0.4, -0.2) is 61.7 Å². The van der Waals surface area contributed by atoms with Gasteiger partial charge in [-0.15, -0.1) is 0 Å². The van der Waals surface area contributed by atoms with Crippen LogP contribution in [0, 0.1) is 22.7 Å². The van der Waals surface area contributed by atoms with Crippen LogP contribution >= 0.6 is 7.82 Å². The van der Waals surface area contributed by atoms with Gasteiger partial charge in [-0.3, -0.25) is 14.1 Å². The first-order valence-corrected chi connectivity index (χ1v) is 17.3. The first kappa shape index (κ1) is 32.7. The molecule has 47 heavy (non-hydrogen) atoms. The molecular weight excluding hydrogens is 634 g/mol. The normalized spacial score (nSPS) is 39.2. The molecule has 1 saturated heterocycles. The number of furan rings is 1. The molecule has 2 aromatic rings. The molecular formula is C34H38FO11P. The predicted octanol–water partition coefficient (Wildman–Crippen LogP) is 4.17. The fourth-order valence-corrected chi connectivity index (χ4v) is 9.73. The van der Waals surface area contributed by atoms with Gasteiger partial charge < -0.3 is 33.9 Å². The third-order valence-corrected chi connectivity index (χ3v) is 12.1. The van der Waals surface area contributed by atoms with E-state index in [-0.39, 0.29) is 31.0 Å². The number of ether oxygens (including phenoxy) is 2. The van der Waals surface area contributed by atoms with Gasteiger partial charge in [0.05, 0.1) is 25.1 Å². The van der Waals surface area contributed by atoms with Crippen molar-refractivity contribution in [2.45, 2.75) is 82.3 Å². The molecule has 4 N–H and O–H groups in total. The number of aliphatic hydroxyl groups is 2. The summed E-state index contributed by atoms with van der Waals surface area (Å²) in [5, 5.41) is 21.1. The van der Waals surface area contributed by atoms with E-state index >= 15 is 4.39 Å². The number of hydrogen-bond acceptors (Lipinski definition) is 9. The number of alkyl halides is 1. The summed E-state index contributed by atoms with van der Waals surface area (Å²) >= 11 is 0. The molecule has 1 aliphatic heterocycles. The van der Waals surface area contributed by atoms with E-state index in [0.717, 1.165) is 16.7 Å². The maximum absolute atomic E-state index is 17.7. The number of rotatable bonds is 8. The fourth-order valence-electron chi connectivity index (χ4n) is 9.44. The molecule has 0 bridgehead atoms. The van der Waals surface area contributed by atoms with Crippen LogP contribution < -0.4 is 0 Å². The van der Waals surface area contributed by atoms with E-state index < -0.39 is 72.6 Å². The second-order valence-corrected chi connectivity index (χ2v) is 15.2. The smallest absolute Gasteiger partial charge is 0.464 e. The van der Waals surface area contributed by atoms with Crippen molar-refractivity contribution in [3.8, 4) is 0 Å².